The van der Waals surface area contributed by atoms with Crippen molar-refractivity contribution in [1.82, 2.24) is 10.2 Å². The summed E-state index contributed by atoms with van der Waals surface area (Å²) in [6.45, 7) is 1.76. The minimum absolute atomic E-state index is 0.0378. The predicted octanol–water partition coefficient (Wildman–Crippen LogP) is 3.12. The van der Waals surface area contributed by atoms with Crippen LogP contribution in [-0.4, -0.2) is 41.3 Å². The molecule has 1 aromatic carbocycles. The molecule has 5 nitrogen and oxygen atoms in total. The van der Waals surface area contributed by atoms with Gasteiger partial charge in [0.25, 0.3) is 0 Å². The smallest absolute Gasteiger partial charge is 0.407 e. The number of carboxylic acid groups (broad SMARTS) is 1. The van der Waals surface area contributed by atoms with Gasteiger partial charge in [-0.2, -0.15) is 5.26 Å². The number of benzene rings is 1. The zero-order chi connectivity index (χ0) is 17.0. The Bertz CT molecular complexity index is 597. The summed E-state index contributed by atoms with van der Waals surface area (Å²) in [7, 11) is 0. The van der Waals surface area contributed by atoms with Crippen LogP contribution in [0.25, 0.3) is 0 Å². The average molecular weight is 327 g/mol. The number of nitrogens with zero attached hydrogens (tertiary/aromatic N) is 2. The molecule has 1 aliphatic carbocycles. The van der Waals surface area contributed by atoms with E-state index < -0.39 is 11.5 Å². The van der Waals surface area contributed by atoms with E-state index in [9.17, 15) is 15.2 Å². The van der Waals surface area contributed by atoms with E-state index in [1.165, 1.54) is 0 Å². The number of rotatable bonds is 3. The molecule has 1 amide bonds. The number of hydrogen-bond donors (Lipinski definition) is 2. The zero-order valence-corrected chi connectivity index (χ0v) is 13.9. The van der Waals surface area contributed by atoms with Crippen molar-refractivity contribution in [2.75, 3.05) is 13.1 Å². The second kappa shape index (κ2) is 7.23. The Labute approximate surface area is 143 Å². The van der Waals surface area contributed by atoms with Crippen molar-refractivity contribution in [2.45, 2.75) is 56.0 Å². The Kier molecular flexibility index (Phi) is 5.06. The molecule has 2 N–H and O–H groups in total. The standard InChI is InChI=1S/C19H25N3O2/c20-14-19(15-4-2-1-3-5-15)10-6-16(7-11-19)22(18(23)24)17-8-12-21-13-9-17/h1-5,16-17,21H,6-13H2,(H,23,24). The SMILES string of the molecule is N#CC1(c2ccccc2)CCC(N(C(=O)O)C2CCNCC2)CC1. The van der Waals surface area contributed by atoms with Crippen molar-refractivity contribution in [3.05, 3.63) is 35.9 Å². The summed E-state index contributed by atoms with van der Waals surface area (Å²) in [6, 6.07) is 12.6. The third-order valence-corrected chi connectivity index (χ3v) is 5.67. The van der Waals surface area contributed by atoms with Crippen LogP contribution in [0.1, 0.15) is 44.1 Å². The topological polar surface area (TPSA) is 76.4 Å². The van der Waals surface area contributed by atoms with Crippen LogP contribution in [0.3, 0.4) is 0 Å². The molecule has 2 aliphatic rings. The Morgan fingerprint density at radius 1 is 1.12 bits per heavy atom. The zero-order valence-electron chi connectivity index (χ0n) is 13.9. The van der Waals surface area contributed by atoms with Crippen LogP contribution in [0.15, 0.2) is 30.3 Å². The molecule has 0 radical (unpaired) electrons. The van der Waals surface area contributed by atoms with Gasteiger partial charge in [-0.25, -0.2) is 4.79 Å². The fourth-order valence-electron chi connectivity index (χ4n) is 4.29. The lowest BCUT2D eigenvalue weighted by molar-refractivity contribution is 0.0664. The maximum absolute atomic E-state index is 11.8. The first-order chi connectivity index (χ1) is 11.7. The molecule has 1 saturated carbocycles. The van der Waals surface area contributed by atoms with Crippen molar-refractivity contribution in [2.24, 2.45) is 0 Å². The fraction of sp³-hybridized carbons (Fsp3) is 0.579. The molecule has 1 aromatic rings. The van der Waals surface area contributed by atoms with Crippen molar-refractivity contribution in [1.29, 1.82) is 5.26 Å². The molecule has 0 spiro atoms. The van der Waals surface area contributed by atoms with Crippen molar-refractivity contribution < 1.29 is 9.90 Å². The van der Waals surface area contributed by atoms with Gasteiger partial charge in [-0.3, -0.25) is 0 Å². The van der Waals surface area contributed by atoms with Gasteiger partial charge in [-0.05, 0) is 57.2 Å². The van der Waals surface area contributed by atoms with Crippen LogP contribution >= 0.6 is 0 Å². The third-order valence-electron chi connectivity index (χ3n) is 5.67. The Morgan fingerprint density at radius 2 is 1.71 bits per heavy atom. The molecular formula is C19H25N3O2. The van der Waals surface area contributed by atoms with E-state index in [0.29, 0.717) is 0 Å². The van der Waals surface area contributed by atoms with Gasteiger partial charge in [0.2, 0.25) is 0 Å². The van der Waals surface area contributed by atoms with Gasteiger partial charge in [-0.15, -0.1) is 0 Å². The second-order valence-electron chi connectivity index (χ2n) is 6.96. The molecule has 1 saturated heterocycles. The monoisotopic (exact) mass is 327 g/mol. The maximum atomic E-state index is 11.8. The quantitative estimate of drug-likeness (QED) is 0.894. The number of amides is 1. The molecule has 0 unspecified atom stereocenters. The molecule has 0 atom stereocenters. The highest BCUT2D eigenvalue weighted by molar-refractivity contribution is 5.66. The molecular weight excluding hydrogens is 302 g/mol. The number of nitriles is 1. The van der Waals surface area contributed by atoms with Gasteiger partial charge in [0.05, 0.1) is 11.5 Å². The normalized spacial score (nSPS) is 28.0. The largest absolute Gasteiger partial charge is 0.465 e. The van der Waals surface area contributed by atoms with Crippen LogP contribution in [-0.2, 0) is 5.41 Å². The summed E-state index contributed by atoms with van der Waals surface area (Å²) in [5.74, 6) is 0. The third kappa shape index (κ3) is 3.25. The molecule has 1 heterocycles. The molecule has 3 rings (SSSR count). The number of hydrogen-bond acceptors (Lipinski definition) is 3. The van der Waals surface area contributed by atoms with Crippen LogP contribution in [0.2, 0.25) is 0 Å². The van der Waals surface area contributed by atoms with E-state index in [1.54, 1.807) is 4.90 Å². The highest BCUT2D eigenvalue weighted by Gasteiger charge is 2.41. The summed E-state index contributed by atoms with van der Waals surface area (Å²) >= 11 is 0. The fourth-order valence-corrected chi connectivity index (χ4v) is 4.29. The van der Waals surface area contributed by atoms with E-state index in [2.05, 4.69) is 11.4 Å². The van der Waals surface area contributed by atoms with E-state index in [1.807, 2.05) is 30.3 Å². The average Bonchev–Trinajstić information content (AvgIpc) is 2.64. The van der Waals surface area contributed by atoms with Crippen LogP contribution in [0.4, 0.5) is 4.79 Å². The van der Waals surface area contributed by atoms with Gasteiger partial charge in [-0.1, -0.05) is 30.3 Å². The van der Waals surface area contributed by atoms with E-state index >= 15 is 0 Å². The van der Waals surface area contributed by atoms with Crippen LogP contribution in [0, 0.1) is 11.3 Å². The maximum Gasteiger partial charge on any atom is 0.407 e. The summed E-state index contributed by atoms with van der Waals surface area (Å²) in [5, 5.41) is 22.8. The van der Waals surface area contributed by atoms with Crippen molar-refractivity contribution >= 4 is 6.09 Å². The summed E-state index contributed by atoms with van der Waals surface area (Å²) in [4.78, 5) is 13.5. The molecule has 1 aliphatic heterocycles. The van der Waals surface area contributed by atoms with Gasteiger partial charge < -0.3 is 15.3 Å². The summed E-state index contributed by atoms with van der Waals surface area (Å²) < 4.78 is 0. The molecule has 0 aromatic heterocycles. The lowest BCUT2D eigenvalue weighted by atomic mass is 9.69. The Hall–Kier alpha value is -2.06. The minimum atomic E-state index is -0.809. The van der Waals surface area contributed by atoms with E-state index in [-0.39, 0.29) is 12.1 Å². The minimum Gasteiger partial charge on any atom is -0.465 e. The molecule has 128 valence electrons. The first kappa shape index (κ1) is 16.8. The molecule has 24 heavy (non-hydrogen) atoms. The van der Waals surface area contributed by atoms with Crippen LogP contribution < -0.4 is 5.32 Å². The van der Waals surface area contributed by atoms with Crippen molar-refractivity contribution in [3.63, 3.8) is 0 Å². The van der Waals surface area contributed by atoms with E-state index in [4.69, 9.17) is 0 Å². The summed E-state index contributed by atoms with van der Waals surface area (Å²) in [5.41, 5.74) is 0.602. The Morgan fingerprint density at radius 3 is 2.25 bits per heavy atom. The first-order valence-corrected chi connectivity index (χ1v) is 8.85. The Balaban J connectivity index is 1.73. The van der Waals surface area contributed by atoms with Crippen molar-refractivity contribution in [3.8, 4) is 6.07 Å². The van der Waals surface area contributed by atoms with Gasteiger partial charge in [0.1, 0.15) is 0 Å². The molecule has 0 bridgehead atoms. The number of nitrogens with one attached hydrogen (secondary N) is 1. The second-order valence-corrected chi connectivity index (χ2v) is 6.96. The molecule has 5 heteroatoms. The number of piperidine rings is 1. The predicted molar refractivity (Wildman–Crippen MR) is 91.7 cm³/mol. The lowest BCUT2D eigenvalue weighted by Crippen LogP contribution is -2.52. The number of carbonyl (C=O) groups is 1. The van der Waals surface area contributed by atoms with E-state index in [0.717, 1.165) is 57.2 Å². The first-order valence-electron chi connectivity index (χ1n) is 8.85. The van der Waals surface area contributed by atoms with Gasteiger partial charge >= 0.3 is 6.09 Å². The highest BCUT2D eigenvalue weighted by Crippen LogP contribution is 2.41. The van der Waals surface area contributed by atoms with Gasteiger partial charge in [0.15, 0.2) is 0 Å². The van der Waals surface area contributed by atoms with Gasteiger partial charge in [0, 0.05) is 12.1 Å². The van der Waals surface area contributed by atoms with Crippen LogP contribution in [0.5, 0.6) is 0 Å². The highest BCUT2D eigenvalue weighted by atomic mass is 16.4. The summed E-state index contributed by atoms with van der Waals surface area (Å²) in [6.07, 6.45) is 3.93. The lowest BCUT2D eigenvalue weighted by Gasteiger charge is -2.43. The molecule has 2 fully saturated rings.